The summed E-state index contributed by atoms with van der Waals surface area (Å²) in [7, 11) is 3.38. The Hall–Kier alpha value is -3.39. The number of benzene rings is 2. The van der Waals surface area contributed by atoms with Crippen molar-refractivity contribution < 1.29 is 18.3 Å². The van der Waals surface area contributed by atoms with Gasteiger partial charge in [-0.05, 0) is 49.2 Å². The van der Waals surface area contributed by atoms with Crippen LogP contribution in [0.5, 0.6) is 0 Å². The third kappa shape index (κ3) is 4.14. The number of rotatable bonds is 4. The summed E-state index contributed by atoms with van der Waals surface area (Å²) in [4.78, 5) is 31.8. The number of anilines is 2. The molecule has 3 aromatic rings. The van der Waals surface area contributed by atoms with Crippen LogP contribution < -0.4 is 15.2 Å². The Kier molecular flexibility index (Phi) is 6.00. The van der Waals surface area contributed by atoms with Crippen molar-refractivity contribution in [3.8, 4) is 0 Å². The maximum atomic E-state index is 13.6. The summed E-state index contributed by atoms with van der Waals surface area (Å²) < 4.78 is 25.4. The first-order valence-electron chi connectivity index (χ1n) is 11.6. The van der Waals surface area contributed by atoms with Crippen LogP contribution in [0.25, 0.3) is 11.0 Å². The molecule has 0 aliphatic carbocycles. The molecule has 2 aromatic carbocycles. The van der Waals surface area contributed by atoms with Crippen molar-refractivity contribution >= 4 is 28.4 Å². The first-order chi connectivity index (χ1) is 16.4. The van der Waals surface area contributed by atoms with E-state index in [0.29, 0.717) is 48.7 Å². The van der Waals surface area contributed by atoms with Crippen molar-refractivity contribution in [3.63, 3.8) is 0 Å². The molecule has 178 valence electrons. The smallest absolute Gasteiger partial charge is 0.253 e. The Morgan fingerprint density at radius 1 is 1.06 bits per heavy atom. The monoisotopic (exact) mass is 465 g/mol. The molecule has 1 aromatic heterocycles. The summed E-state index contributed by atoms with van der Waals surface area (Å²) in [6.07, 6.45) is 1.76. The lowest BCUT2D eigenvalue weighted by Gasteiger charge is -2.29. The van der Waals surface area contributed by atoms with Crippen molar-refractivity contribution in [1.82, 2.24) is 4.90 Å². The molecular formula is C26H28FN3O4. The lowest BCUT2D eigenvalue weighted by Crippen LogP contribution is -2.36. The van der Waals surface area contributed by atoms with Crippen LogP contribution in [0.2, 0.25) is 0 Å². The van der Waals surface area contributed by atoms with Crippen LogP contribution in [-0.4, -0.2) is 57.8 Å². The lowest BCUT2D eigenvalue weighted by atomic mass is 9.97. The summed E-state index contributed by atoms with van der Waals surface area (Å²) in [5, 5.41) is 0.394. The van der Waals surface area contributed by atoms with Gasteiger partial charge in [-0.3, -0.25) is 9.59 Å². The Labute approximate surface area is 197 Å². The SMILES string of the molecule is CN(C)C(=O)c1cc([C@@H]2CCCN2c2ccc(F)cc2)c2oc(N3CCOCC3)cc(=O)c2c1. The van der Waals surface area contributed by atoms with Crippen molar-refractivity contribution in [1.29, 1.82) is 0 Å². The average Bonchev–Trinajstić information content (AvgIpc) is 3.33. The Morgan fingerprint density at radius 2 is 1.79 bits per heavy atom. The minimum atomic E-state index is -0.287. The molecule has 0 spiro atoms. The number of carbonyl (C=O) groups is 1. The molecule has 7 nitrogen and oxygen atoms in total. The molecule has 0 bridgehead atoms. The predicted octanol–water partition coefficient (Wildman–Crippen LogP) is 3.81. The molecule has 1 atom stereocenters. The summed E-state index contributed by atoms with van der Waals surface area (Å²) in [5.74, 6) is 0.0517. The largest absolute Gasteiger partial charge is 0.440 e. The van der Waals surface area contributed by atoms with Gasteiger partial charge in [0.05, 0.1) is 24.6 Å². The zero-order valence-electron chi connectivity index (χ0n) is 19.4. The maximum absolute atomic E-state index is 13.6. The van der Waals surface area contributed by atoms with Gasteiger partial charge in [0.15, 0.2) is 11.3 Å². The van der Waals surface area contributed by atoms with Crippen molar-refractivity contribution in [2.24, 2.45) is 0 Å². The van der Waals surface area contributed by atoms with Gasteiger partial charge in [0, 0.05) is 56.6 Å². The van der Waals surface area contributed by atoms with E-state index in [-0.39, 0.29) is 23.2 Å². The van der Waals surface area contributed by atoms with E-state index in [4.69, 9.17) is 9.15 Å². The molecule has 2 aliphatic heterocycles. The topological polar surface area (TPSA) is 66.2 Å². The molecule has 2 saturated heterocycles. The quantitative estimate of drug-likeness (QED) is 0.584. The van der Waals surface area contributed by atoms with E-state index in [1.807, 2.05) is 11.0 Å². The van der Waals surface area contributed by atoms with Crippen LogP contribution in [0, 0.1) is 5.82 Å². The van der Waals surface area contributed by atoms with E-state index in [1.165, 1.54) is 23.1 Å². The highest BCUT2D eigenvalue weighted by Gasteiger charge is 2.31. The Bertz CT molecular complexity index is 1270. The third-order valence-corrected chi connectivity index (χ3v) is 6.59. The average molecular weight is 466 g/mol. The minimum absolute atomic E-state index is 0.106. The fourth-order valence-corrected chi connectivity index (χ4v) is 4.87. The third-order valence-electron chi connectivity index (χ3n) is 6.59. The highest BCUT2D eigenvalue weighted by Crippen LogP contribution is 2.40. The van der Waals surface area contributed by atoms with Gasteiger partial charge in [-0.25, -0.2) is 4.39 Å². The number of carbonyl (C=O) groups excluding carboxylic acids is 1. The number of fused-ring (bicyclic) bond motifs is 1. The van der Waals surface area contributed by atoms with E-state index in [9.17, 15) is 14.0 Å². The molecule has 0 N–H and O–H groups in total. The molecule has 0 saturated carbocycles. The predicted molar refractivity (Wildman–Crippen MR) is 129 cm³/mol. The van der Waals surface area contributed by atoms with Gasteiger partial charge < -0.3 is 23.9 Å². The van der Waals surface area contributed by atoms with Crippen LogP contribution in [0.3, 0.4) is 0 Å². The number of hydrogen-bond donors (Lipinski definition) is 0. The van der Waals surface area contributed by atoms with Crippen LogP contribution in [0.15, 0.2) is 51.7 Å². The number of morpholine rings is 1. The zero-order chi connectivity index (χ0) is 23.8. The van der Waals surface area contributed by atoms with Gasteiger partial charge in [-0.1, -0.05) is 0 Å². The molecule has 1 amide bonds. The van der Waals surface area contributed by atoms with Crippen molar-refractivity contribution in [2.75, 3.05) is 56.7 Å². The number of nitrogens with zero attached hydrogens (tertiary/aromatic N) is 3. The van der Waals surface area contributed by atoms with Gasteiger partial charge in [0.2, 0.25) is 0 Å². The molecule has 34 heavy (non-hydrogen) atoms. The first kappa shape index (κ1) is 22.4. The first-order valence-corrected chi connectivity index (χ1v) is 11.6. The van der Waals surface area contributed by atoms with Crippen molar-refractivity contribution in [3.05, 3.63) is 69.6 Å². The molecule has 5 rings (SSSR count). The number of ether oxygens (including phenoxy) is 1. The minimum Gasteiger partial charge on any atom is -0.440 e. The van der Waals surface area contributed by atoms with E-state index in [0.717, 1.165) is 30.6 Å². The van der Waals surface area contributed by atoms with Gasteiger partial charge in [-0.2, -0.15) is 0 Å². The van der Waals surface area contributed by atoms with Gasteiger partial charge in [-0.15, -0.1) is 0 Å². The highest BCUT2D eigenvalue weighted by molar-refractivity contribution is 5.98. The van der Waals surface area contributed by atoms with Crippen molar-refractivity contribution in [2.45, 2.75) is 18.9 Å². The Balaban J connectivity index is 1.68. The molecule has 2 aliphatic rings. The summed E-state index contributed by atoms with van der Waals surface area (Å²) in [6, 6.07) is 11.3. The summed E-state index contributed by atoms with van der Waals surface area (Å²) >= 11 is 0. The van der Waals surface area contributed by atoms with E-state index >= 15 is 0 Å². The van der Waals surface area contributed by atoms with Crippen LogP contribution in [0.1, 0.15) is 34.8 Å². The maximum Gasteiger partial charge on any atom is 0.253 e. The molecule has 8 heteroatoms. The second kappa shape index (κ2) is 9.10. The lowest BCUT2D eigenvalue weighted by molar-refractivity contribution is 0.0827. The molecule has 3 heterocycles. The van der Waals surface area contributed by atoms with E-state index < -0.39 is 0 Å². The van der Waals surface area contributed by atoms with Crippen LogP contribution in [-0.2, 0) is 4.74 Å². The number of hydrogen-bond acceptors (Lipinski definition) is 6. The highest BCUT2D eigenvalue weighted by atomic mass is 19.1. The Morgan fingerprint density at radius 3 is 2.50 bits per heavy atom. The second-order valence-electron chi connectivity index (χ2n) is 9.02. The molecule has 0 unspecified atom stereocenters. The molecular weight excluding hydrogens is 437 g/mol. The van der Waals surface area contributed by atoms with Crippen LogP contribution in [0.4, 0.5) is 16.0 Å². The van der Waals surface area contributed by atoms with E-state index in [2.05, 4.69) is 4.90 Å². The standard InChI is InChI=1S/C26H28FN3O4/c1-28(2)26(32)17-14-20(22-4-3-9-30(22)19-7-5-18(27)6-8-19)25-21(15-17)23(31)16-24(34-25)29-10-12-33-13-11-29/h5-8,14-16,22H,3-4,9-13H2,1-2H3/t22-/m0/s1. The number of halogens is 1. The van der Waals surface area contributed by atoms with Gasteiger partial charge >= 0.3 is 0 Å². The van der Waals surface area contributed by atoms with Gasteiger partial charge in [0.25, 0.3) is 5.91 Å². The zero-order valence-corrected chi connectivity index (χ0v) is 19.4. The van der Waals surface area contributed by atoms with Crippen LogP contribution >= 0.6 is 0 Å². The normalized spacial score (nSPS) is 18.5. The van der Waals surface area contributed by atoms with E-state index in [1.54, 1.807) is 32.3 Å². The number of amides is 1. The fraction of sp³-hybridized carbons (Fsp3) is 0.385. The summed E-state index contributed by atoms with van der Waals surface area (Å²) in [6.45, 7) is 3.23. The van der Waals surface area contributed by atoms with Gasteiger partial charge in [0.1, 0.15) is 11.4 Å². The second-order valence-corrected chi connectivity index (χ2v) is 9.02. The fourth-order valence-electron chi connectivity index (χ4n) is 4.87. The molecule has 2 fully saturated rings. The summed E-state index contributed by atoms with van der Waals surface area (Å²) in [5.41, 5.74) is 2.47. The molecule has 0 radical (unpaired) electrons.